The zero-order chi connectivity index (χ0) is 13.5. The van der Waals surface area contributed by atoms with Crippen molar-refractivity contribution < 1.29 is 4.79 Å². The van der Waals surface area contributed by atoms with Crippen LogP contribution in [0.25, 0.3) is 0 Å². The molecule has 1 aliphatic heterocycles. The first-order valence-electron chi connectivity index (χ1n) is 7.34. The third-order valence-corrected chi connectivity index (χ3v) is 4.20. The van der Waals surface area contributed by atoms with E-state index in [4.69, 9.17) is 5.84 Å². The van der Waals surface area contributed by atoms with E-state index in [1.807, 2.05) is 0 Å². The van der Waals surface area contributed by atoms with Crippen LogP contribution >= 0.6 is 0 Å². The van der Waals surface area contributed by atoms with Gasteiger partial charge in [0.15, 0.2) is 0 Å². The Morgan fingerprint density at radius 1 is 1.39 bits per heavy atom. The van der Waals surface area contributed by atoms with Gasteiger partial charge >= 0.3 is 0 Å². The molecule has 3 N–H and O–H groups in total. The minimum absolute atomic E-state index is 0.0279. The van der Waals surface area contributed by atoms with Crippen LogP contribution in [0.4, 0.5) is 0 Å². The zero-order valence-corrected chi connectivity index (χ0v) is 12.1. The molecule has 1 fully saturated rings. The molecule has 4 nitrogen and oxygen atoms in total. The van der Waals surface area contributed by atoms with Gasteiger partial charge in [0.05, 0.1) is 6.04 Å². The summed E-state index contributed by atoms with van der Waals surface area (Å²) in [5.74, 6) is 6.82. The molecule has 1 saturated heterocycles. The van der Waals surface area contributed by atoms with Crippen molar-refractivity contribution in [3.05, 3.63) is 0 Å². The number of hydrogen-bond acceptors (Lipinski definition) is 3. The quantitative estimate of drug-likeness (QED) is 0.448. The number of hydrazine groups is 1. The van der Waals surface area contributed by atoms with Crippen LogP contribution in [-0.4, -0.2) is 29.9 Å². The Balaban J connectivity index is 2.60. The van der Waals surface area contributed by atoms with Crippen LogP contribution in [0.15, 0.2) is 0 Å². The van der Waals surface area contributed by atoms with Crippen LogP contribution < -0.4 is 11.3 Å². The van der Waals surface area contributed by atoms with Crippen LogP contribution in [0.5, 0.6) is 0 Å². The average Bonchev–Trinajstić information content (AvgIpc) is 2.60. The summed E-state index contributed by atoms with van der Waals surface area (Å²) in [4.78, 5) is 14.2. The Kier molecular flexibility index (Phi) is 6.65. The molecule has 2 atom stereocenters. The van der Waals surface area contributed by atoms with Crippen LogP contribution in [0.2, 0.25) is 0 Å². The zero-order valence-electron chi connectivity index (χ0n) is 12.1. The summed E-state index contributed by atoms with van der Waals surface area (Å²) in [6.45, 7) is 8.78. The highest BCUT2D eigenvalue weighted by Crippen LogP contribution is 2.26. The molecule has 106 valence electrons. The van der Waals surface area contributed by atoms with Gasteiger partial charge in [-0.25, -0.2) is 5.84 Å². The summed E-state index contributed by atoms with van der Waals surface area (Å²) >= 11 is 0. The Bertz CT molecular complexity index is 255. The van der Waals surface area contributed by atoms with Crippen molar-refractivity contribution in [1.82, 2.24) is 10.3 Å². The molecule has 0 aromatic heterocycles. The third-order valence-electron chi connectivity index (χ3n) is 4.20. The minimum atomic E-state index is -0.0362. The first kappa shape index (κ1) is 15.4. The summed E-state index contributed by atoms with van der Waals surface area (Å²) in [6.07, 6.45) is 5.60. The van der Waals surface area contributed by atoms with Gasteiger partial charge in [0.2, 0.25) is 0 Å². The molecule has 2 unspecified atom stereocenters. The number of nitrogens with one attached hydrogen (secondary N) is 1. The van der Waals surface area contributed by atoms with Gasteiger partial charge in [-0.2, -0.15) is 0 Å². The molecule has 0 aliphatic carbocycles. The van der Waals surface area contributed by atoms with Crippen molar-refractivity contribution in [3.63, 3.8) is 0 Å². The molecule has 18 heavy (non-hydrogen) atoms. The Labute approximate surface area is 111 Å². The van der Waals surface area contributed by atoms with Crippen LogP contribution in [0.1, 0.15) is 52.9 Å². The Hall–Kier alpha value is -0.610. The predicted octanol–water partition coefficient (Wildman–Crippen LogP) is 1.90. The molecule has 1 rings (SSSR count). The van der Waals surface area contributed by atoms with Crippen molar-refractivity contribution in [2.24, 2.45) is 17.7 Å². The van der Waals surface area contributed by atoms with E-state index in [0.717, 1.165) is 37.8 Å². The largest absolute Gasteiger partial charge is 0.293 e. The fraction of sp³-hybridized carbons (Fsp3) is 0.929. The highest BCUT2D eigenvalue weighted by atomic mass is 16.2. The topological polar surface area (TPSA) is 58.4 Å². The summed E-state index contributed by atoms with van der Waals surface area (Å²) in [5, 5.41) is 0. The minimum Gasteiger partial charge on any atom is -0.293 e. The molecule has 0 bridgehead atoms. The van der Waals surface area contributed by atoms with Gasteiger partial charge in [-0.3, -0.25) is 15.1 Å². The predicted molar refractivity (Wildman–Crippen MR) is 74.8 cm³/mol. The highest BCUT2D eigenvalue weighted by Gasteiger charge is 2.27. The number of nitrogens with zero attached hydrogens (tertiary/aromatic N) is 1. The van der Waals surface area contributed by atoms with E-state index in [1.165, 1.54) is 19.3 Å². The molecule has 1 amide bonds. The highest BCUT2D eigenvalue weighted by molar-refractivity contribution is 5.81. The summed E-state index contributed by atoms with van der Waals surface area (Å²) in [7, 11) is 0. The number of nitrogens with two attached hydrogens (primary N) is 1. The van der Waals surface area contributed by atoms with Crippen molar-refractivity contribution in [2.45, 2.75) is 58.9 Å². The lowest BCUT2D eigenvalue weighted by Gasteiger charge is -2.29. The smallest absolute Gasteiger partial charge is 0.251 e. The number of rotatable bonds is 5. The monoisotopic (exact) mass is 255 g/mol. The van der Waals surface area contributed by atoms with Crippen molar-refractivity contribution in [2.75, 3.05) is 13.1 Å². The van der Waals surface area contributed by atoms with Gasteiger partial charge in [-0.1, -0.05) is 27.2 Å². The SMILES string of the molecule is CCCC(C(=O)NN)N1CCCC(C(C)C)CC1. The first-order valence-corrected chi connectivity index (χ1v) is 7.34. The summed E-state index contributed by atoms with van der Waals surface area (Å²) in [5.41, 5.74) is 2.32. The van der Waals surface area contributed by atoms with Crippen LogP contribution in [-0.2, 0) is 4.79 Å². The van der Waals surface area contributed by atoms with E-state index >= 15 is 0 Å². The van der Waals surface area contributed by atoms with E-state index in [-0.39, 0.29) is 11.9 Å². The van der Waals surface area contributed by atoms with E-state index in [2.05, 4.69) is 31.1 Å². The fourth-order valence-electron chi connectivity index (χ4n) is 2.97. The van der Waals surface area contributed by atoms with Gasteiger partial charge in [0.25, 0.3) is 5.91 Å². The molecule has 0 saturated carbocycles. The lowest BCUT2D eigenvalue weighted by atomic mass is 9.89. The molecular formula is C14H29N3O. The number of carbonyl (C=O) groups excluding carboxylic acids is 1. The molecular weight excluding hydrogens is 226 g/mol. The standard InChI is InChI=1S/C14H29N3O/c1-4-6-13(14(18)16-15)17-9-5-7-12(8-10-17)11(2)3/h11-13H,4-10,15H2,1-3H3,(H,16,18). The van der Waals surface area contributed by atoms with Gasteiger partial charge in [-0.05, 0) is 50.6 Å². The normalized spacial score (nSPS) is 23.7. The molecule has 1 heterocycles. The van der Waals surface area contributed by atoms with Gasteiger partial charge in [0, 0.05) is 0 Å². The summed E-state index contributed by atoms with van der Waals surface area (Å²) < 4.78 is 0. The number of amides is 1. The average molecular weight is 255 g/mol. The van der Waals surface area contributed by atoms with Gasteiger partial charge < -0.3 is 0 Å². The van der Waals surface area contributed by atoms with Gasteiger partial charge in [0.1, 0.15) is 0 Å². The molecule has 0 spiro atoms. The maximum absolute atomic E-state index is 11.9. The van der Waals surface area contributed by atoms with E-state index in [1.54, 1.807) is 0 Å². The number of likely N-dealkylation sites (tertiary alicyclic amines) is 1. The Morgan fingerprint density at radius 3 is 2.67 bits per heavy atom. The van der Waals surface area contributed by atoms with Crippen molar-refractivity contribution in [1.29, 1.82) is 0 Å². The Morgan fingerprint density at radius 2 is 2.11 bits per heavy atom. The van der Waals surface area contributed by atoms with Crippen LogP contribution in [0, 0.1) is 11.8 Å². The van der Waals surface area contributed by atoms with E-state index in [9.17, 15) is 4.79 Å². The molecule has 1 aliphatic rings. The van der Waals surface area contributed by atoms with E-state index < -0.39 is 0 Å². The molecule has 4 heteroatoms. The maximum Gasteiger partial charge on any atom is 0.251 e. The lowest BCUT2D eigenvalue weighted by Crippen LogP contribution is -2.49. The second kappa shape index (κ2) is 7.74. The molecule has 0 aromatic carbocycles. The summed E-state index contributed by atoms with van der Waals surface area (Å²) in [6, 6.07) is -0.0362. The second-order valence-electron chi connectivity index (χ2n) is 5.78. The maximum atomic E-state index is 11.9. The lowest BCUT2D eigenvalue weighted by molar-refractivity contribution is -0.126. The fourth-order valence-corrected chi connectivity index (χ4v) is 2.97. The molecule has 0 radical (unpaired) electrons. The van der Waals surface area contributed by atoms with Crippen molar-refractivity contribution in [3.8, 4) is 0 Å². The number of hydrogen-bond donors (Lipinski definition) is 2. The number of carbonyl (C=O) groups is 1. The first-order chi connectivity index (χ1) is 8.60. The van der Waals surface area contributed by atoms with Crippen LogP contribution in [0.3, 0.4) is 0 Å². The van der Waals surface area contributed by atoms with Gasteiger partial charge in [-0.15, -0.1) is 0 Å². The van der Waals surface area contributed by atoms with Crippen molar-refractivity contribution >= 4 is 5.91 Å². The molecule has 0 aromatic rings. The van der Waals surface area contributed by atoms with E-state index in [0.29, 0.717) is 0 Å². The second-order valence-corrected chi connectivity index (χ2v) is 5.78. The third kappa shape index (κ3) is 4.25.